The second kappa shape index (κ2) is 7.70. The van der Waals surface area contributed by atoms with Crippen molar-refractivity contribution < 1.29 is 4.79 Å². The average Bonchev–Trinajstić information content (AvgIpc) is 3.11. The van der Waals surface area contributed by atoms with E-state index in [0.717, 1.165) is 25.1 Å². The van der Waals surface area contributed by atoms with Crippen LogP contribution in [0.4, 0.5) is 5.69 Å². The molecule has 0 aliphatic carbocycles. The zero-order chi connectivity index (χ0) is 17.8. The molecule has 1 aliphatic heterocycles. The Morgan fingerprint density at radius 3 is 2.64 bits per heavy atom. The molecule has 2 aromatic rings. The lowest BCUT2D eigenvalue weighted by molar-refractivity contribution is -0.132. The van der Waals surface area contributed by atoms with Crippen LogP contribution in [0, 0.1) is 0 Å². The van der Waals surface area contributed by atoms with Crippen molar-refractivity contribution in [2.45, 2.75) is 25.9 Å². The van der Waals surface area contributed by atoms with Crippen LogP contribution in [0.1, 0.15) is 29.7 Å². The molecule has 0 fully saturated rings. The van der Waals surface area contributed by atoms with Crippen LogP contribution in [0.25, 0.3) is 0 Å². The summed E-state index contributed by atoms with van der Waals surface area (Å²) < 4.78 is 0. The topological polar surface area (TPSA) is 35.6 Å². The number of amides is 1. The molecule has 0 aromatic heterocycles. The highest BCUT2D eigenvalue weighted by Gasteiger charge is 2.20. The van der Waals surface area contributed by atoms with E-state index in [0.29, 0.717) is 6.54 Å². The first kappa shape index (κ1) is 17.5. The smallest absolute Gasteiger partial charge is 0.236 e. The summed E-state index contributed by atoms with van der Waals surface area (Å²) in [4.78, 5) is 16.6. The van der Waals surface area contributed by atoms with Crippen molar-refractivity contribution in [2.75, 3.05) is 32.5 Å². The molecule has 1 aliphatic rings. The predicted octanol–water partition coefficient (Wildman–Crippen LogP) is 3.31. The number of hydrogen-bond donors (Lipinski definition) is 1. The zero-order valence-electron chi connectivity index (χ0n) is 15.3. The highest BCUT2D eigenvalue weighted by atomic mass is 16.2. The fraction of sp³-hybridized carbons (Fsp3) is 0.381. The monoisotopic (exact) mass is 337 g/mol. The molecular formula is C21H27N3O. The molecule has 2 aromatic carbocycles. The lowest BCUT2D eigenvalue weighted by atomic mass is 10.1. The Labute approximate surface area is 150 Å². The van der Waals surface area contributed by atoms with Gasteiger partial charge in [-0.25, -0.2) is 0 Å². The first-order chi connectivity index (χ1) is 12.1. The van der Waals surface area contributed by atoms with E-state index in [-0.39, 0.29) is 11.9 Å². The SMILES string of the molecule is CC(c1ccccc1)N(C)C(=O)CN(C)Cc1cccc2c1NCC2. The second-order valence-electron chi connectivity index (χ2n) is 6.89. The molecule has 1 amide bonds. The maximum absolute atomic E-state index is 12.7. The van der Waals surface area contributed by atoms with Gasteiger partial charge in [0.05, 0.1) is 12.6 Å². The number of rotatable bonds is 6. The second-order valence-corrected chi connectivity index (χ2v) is 6.89. The van der Waals surface area contributed by atoms with Gasteiger partial charge in [-0.3, -0.25) is 9.69 Å². The Morgan fingerprint density at radius 2 is 1.88 bits per heavy atom. The number of carbonyl (C=O) groups is 1. The number of likely N-dealkylation sites (N-methyl/N-ethyl adjacent to an activating group) is 2. The molecule has 0 spiro atoms. The normalized spacial score (nSPS) is 14.1. The Kier molecular flexibility index (Phi) is 5.39. The number of benzene rings is 2. The van der Waals surface area contributed by atoms with Gasteiger partial charge in [-0.15, -0.1) is 0 Å². The van der Waals surface area contributed by atoms with Crippen LogP contribution in [-0.2, 0) is 17.8 Å². The highest BCUT2D eigenvalue weighted by Crippen LogP contribution is 2.27. The van der Waals surface area contributed by atoms with Crippen LogP contribution in [-0.4, -0.2) is 42.9 Å². The molecule has 4 nitrogen and oxygen atoms in total. The Bertz CT molecular complexity index is 729. The number of hydrogen-bond acceptors (Lipinski definition) is 3. The summed E-state index contributed by atoms with van der Waals surface area (Å²) in [6, 6.07) is 16.7. The molecular weight excluding hydrogens is 310 g/mol. The van der Waals surface area contributed by atoms with E-state index in [1.807, 2.05) is 37.2 Å². The van der Waals surface area contributed by atoms with Gasteiger partial charge in [-0.05, 0) is 37.1 Å². The molecule has 0 bridgehead atoms. The van der Waals surface area contributed by atoms with Crippen molar-refractivity contribution in [1.29, 1.82) is 0 Å². The Hall–Kier alpha value is -2.33. The quantitative estimate of drug-likeness (QED) is 0.878. The standard InChI is InChI=1S/C21H27N3O/c1-16(17-8-5-4-6-9-17)24(3)20(25)15-23(2)14-19-11-7-10-18-12-13-22-21(18)19/h4-11,16,22H,12-15H2,1-3H3. The molecule has 0 saturated heterocycles. The number of nitrogens with zero attached hydrogens (tertiary/aromatic N) is 2. The van der Waals surface area contributed by atoms with Gasteiger partial charge < -0.3 is 10.2 Å². The Balaban J connectivity index is 1.60. The molecule has 0 saturated carbocycles. The van der Waals surface area contributed by atoms with E-state index in [1.165, 1.54) is 16.8 Å². The van der Waals surface area contributed by atoms with Gasteiger partial charge in [0.1, 0.15) is 0 Å². The van der Waals surface area contributed by atoms with E-state index in [9.17, 15) is 4.79 Å². The van der Waals surface area contributed by atoms with Crippen molar-refractivity contribution in [1.82, 2.24) is 9.80 Å². The van der Waals surface area contributed by atoms with Gasteiger partial charge in [0.15, 0.2) is 0 Å². The van der Waals surface area contributed by atoms with Crippen molar-refractivity contribution >= 4 is 11.6 Å². The molecule has 132 valence electrons. The summed E-state index contributed by atoms with van der Waals surface area (Å²) in [6.45, 7) is 4.26. The van der Waals surface area contributed by atoms with E-state index in [1.54, 1.807) is 0 Å². The summed E-state index contributed by atoms with van der Waals surface area (Å²) in [5.41, 5.74) is 5.06. The van der Waals surface area contributed by atoms with Gasteiger partial charge in [0.2, 0.25) is 5.91 Å². The molecule has 3 rings (SSSR count). The minimum absolute atomic E-state index is 0.0738. The van der Waals surface area contributed by atoms with E-state index in [2.05, 4.69) is 47.5 Å². The lowest BCUT2D eigenvalue weighted by Gasteiger charge is -2.28. The van der Waals surface area contributed by atoms with Gasteiger partial charge in [0, 0.05) is 25.8 Å². The fourth-order valence-corrected chi connectivity index (χ4v) is 3.40. The molecule has 1 heterocycles. The molecule has 25 heavy (non-hydrogen) atoms. The number of para-hydroxylation sites is 1. The largest absolute Gasteiger partial charge is 0.384 e. The minimum atomic E-state index is 0.0738. The van der Waals surface area contributed by atoms with Crippen molar-refractivity contribution in [3.05, 3.63) is 65.2 Å². The van der Waals surface area contributed by atoms with Crippen molar-refractivity contribution in [2.24, 2.45) is 0 Å². The number of anilines is 1. The molecule has 4 heteroatoms. The molecule has 1 atom stereocenters. The summed E-state index contributed by atoms with van der Waals surface area (Å²) >= 11 is 0. The van der Waals surface area contributed by atoms with Crippen LogP contribution in [0.5, 0.6) is 0 Å². The van der Waals surface area contributed by atoms with Gasteiger partial charge >= 0.3 is 0 Å². The fourth-order valence-electron chi connectivity index (χ4n) is 3.40. The van der Waals surface area contributed by atoms with E-state index >= 15 is 0 Å². The van der Waals surface area contributed by atoms with Gasteiger partial charge in [0.25, 0.3) is 0 Å². The number of carbonyl (C=O) groups excluding carboxylic acids is 1. The van der Waals surface area contributed by atoms with Gasteiger partial charge in [-0.2, -0.15) is 0 Å². The van der Waals surface area contributed by atoms with Crippen LogP contribution in [0.2, 0.25) is 0 Å². The maximum Gasteiger partial charge on any atom is 0.236 e. The third-order valence-corrected chi connectivity index (χ3v) is 5.03. The van der Waals surface area contributed by atoms with Crippen molar-refractivity contribution in [3.63, 3.8) is 0 Å². The van der Waals surface area contributed by atoms with Gasteiger partial charge in [-0.1, -0.05) is 48.5 Å². The van der Waals surface area contributed by atoms with Crippen molar-refractivity contribution in [3.8, 4) is 0 Å². The lowest BCUT2D eigenvalue weighted by Crippen LogP contribution is -2.37. The number of fused-ring (bicyclic) bond motifs is 1. The minimum Gasteiger partial charge on any atom is -0.384 e. The summed E-state index contributed by atoms with van der Waals surface area (Å²) in [7, 11) is 3.89. The van der Waals surface area contributed by atoms with Crippen LogP contribution in [0.3, 0.4) is 0 Å². The molecule has 1 unspecified atom stereocenters. The first-order valence-electron chi connectivity index (χ1n) is 8.90. The highest BCUT2D eigenvalue weighted by molar-refractivity contribution is 5.78. The third-order valence-electron chi connectivity index (χ3n) is 5.03. The van der Waals surface area contributed by atoms with Crippen LogP contribution in [0.15, 0.2) is 48.5 Å². The average molecular weight is 337 g/mol. The van der Waals surface area contributed by atoms with Crippen LogP contribution >= 0.6 is 0 Å². The first-order valence-corrected chi connectivity index (χ1v) is 8.90. The van der Waals surface area contributed by atoms with E-state index < -0.39 is 0 Å². The molecule has 0 radical (unpaired) electrons. The Morgan fingerprint density at radius 1 is 1.12 bits per heavy atom. The predicted molar refractivity (Wildman–Crippen MR) is 103 cm³/mol. The molecule has 1 N–H and O–H groups in total. The summed E-state index contributed by atoms with van der Waals surface area (Å²) in [5.74, 6) is 0.138. The maximum atomic E-state index is 12.7. The van der Waals surface area contributed by atoms with E-state index in [4.69, 9.17) is 0 Å². The van der Waals surface area contributed by atoms with Crippen LogP contribution < -0.4 is 5.32 Å². The summed E-state index contributed by atoms with van der Waals surface area (Å²) in [6.07, 6.45) is 1.09. The summed E-state index contributed by atoms with van der Waals surface area (Å²) in [5, 5.41) is 3.47. The number of nitrogens with one attached hydrogen (secondary N) is 1. The zero-order valence-corrected chi connectivity index (χ0v) is 15.3. The third kappa shape index (κ3) is 4.02.